The molecule has 0 radical (unpaired) electrons. The van der Waals surface area contributed by atoms with Crippen molar-refractivity contribution in [1.82, 2.24) is 19.4 Å². The second-order valence-corrected chi connectivity index (χ2v) is 11.5. The van der Waals surface area contributed by atoms with Gasteiger partial charge in [0.25, 0.3) is 0 Å². The van der Waals surface area contributed by atoms with Crippen molar-refractivity contribution in [2.45, 2.75) is 50.0 Å². The number of sulfonamides is 1. The van der Waals surface area contributed by atoms with Crippen LogP contribution in [0.4, 0.5) is 5.82 Å². The molecule has 9 heteroatoms. The van der Waals surface area contributed by atoms with Crippen molar-refractivity contribution in [3.63, 3.8) is 0 Å². The average Bonchev–Trinajstić information content (AvgIpc) is 2.90. The second kappa shape index (κ2) is 10.3. The Balaban J connectivity index is 1.28. The smallest absolute Gasteiger partial charge is 0.243 e. The number of nitrogens with zero attached hydrogens (tertiary/aromatic N) is 5. The predicted octanol–water partition coefficient (Wildman–Crippen LogP) is 2.93. The van der Waals surface area contributed by atoms with Crippen molar-refractivity contribution in [3.05, 3.63) is 35.9 Å². The molecule has 5 rings (SSSR count). The normalized spacial score (nSPS) is 21.6. The molecule has 0 N–H and O–H groups in total. The monoisotopic (exact) mass is 485 g/mol. The summed E-state index contributed by atoms with van der Waals surface area (Å²) in [6, 6.07) is 10.2. The first-order chi connectivity index (χ1) is 16.5. The van der Waals surface area contributed by atoms with Crippen LogP contribution in [0.2, 0.25) is 0 Å². The molecule has 0 aliphatic carbocycles. The van der Waals surface area contributed by atoms with Crippen molar-refractivity contribution >= 4 is 15.8 Å². The zero-order chi connectivity index (χ0) is 23.5. The molecule has 3 saturated heterocycles. The van der Waals surface area contributed by atoms with Gasteiger partial charge in [-0.1, -0.05) is 18.6 Å². The van der Waals surface area contributed by atoms with E-state index in [4.69, 9.17) is 4.74 Å². The molecule has 8 nitrogen and oxygen atoms in total. The first kappa shape index (κ1) is 23.7. The Kier molecular flexibility index (Phi) is 7.15. The van der Waals surface area contributed by atoms with Crippen LogP contribution in [-0.2, 0) is 14.8 Å². The lowest BCUT2D eigenvalue weighted by molar-refractivity contribution is 0.0730. The second-order valence-electron chi connectivity index (χ2n) is 9.59. The number of anilines is 1. The number of hydrogen-bond acceptors (Lipinski definition) is 7. The van der Waals surface area contributed by atoms with Gasteiger partial charge in [0, 0.05) is 37.8 Å². The minimum absolute atomic E-state index is 0.331. The first-order valence-electron chi connectivity index (χ1n) is 12.5. The van der Waals surface area contributed by atoms with E-state index < -0.39 is 10.0 Å². The first-order valence-corrected chi connectivity index (χ1v) is 14.0. The van der Waals surface area contributed by atoms with Crippen molar-refractivity contribution in [2.24, 2.45) is 0 Å². The fourth-order valence-electron chi connectivity index (χ4n) is 5.35. The van der Waals surface area contributed by atoms with Crippen LogP contribution in [0.5, 0.6) is 0 Å². The average molecular weight is 486 g/mol. The summed E-state index contributed by atoms with van der Waals surface area (Å²) in [5.41, 5.74) is 2.18. The number of rotatable bonds is 5. The number of likely N-dealkylation sites (tertiary alicyclic amines) is 1. The van der Waals surface area contributed by atoms with Crippen LogP contribution < -0.4 is 4.90 Å². The fraction of sp³-hybridized carbons (Fsp3) is 0.600. The Morgan fingerprint density at radius 2 is 1.62 bits per heavy atom. The maximum atomic E-state index is 13.2. The topological polar surface area (TPSA) is 78.9 Å². The number of piperidine rings is 2. The number of benzene rings is 1. The van der Waals surface area contributed by atoms with E-state index in [0.717, 1.165) is 30.0 Å². The molecule has 4 heterocycles. The van der Waals surface area contributed by atoms with Crippen LogP contribution in [0.25, 0.3) is 11.3 Å². The van der Waals surface area contributed by atoms with Crippen molar-refractivity contribution in [1.29, 1.82) is 0 Å². The fourth-order valence-corrected chi connectivity index (χ4v) is 7.01. The lowest BCUT2D eigenvalue weighted by atomic mass is 10.00. The van der Waals surface area contributed by atoms with Gasteiger partial charge in [0.05, 0.1) is 23.8 Å². The lowest BCUT2D eigenvalue weighted by Gasteiger charge is -2.40. The van der Waals surface area contributed by atoms with E-state index in [9.17, 15) is 8.42 Å². The summed E-state index contributed by atoms with van der Waals surface area (Å²) >= 11 is 0. The molecule has 0 saturated carbocycles. The maximum Gasteiger partial charge on any atom is 0.243 e. The van der Waals surface area contributed by atoms with Gasteiger partial charge in [-0.05, 0) is 69.5 Å². The molecule has 3 aliphatic heterocycles. The van der Waals surface area contributed by atoms with E-state index in [2.05, 4.69) is 20.0 Å². The Bertz CT molecular complexity index is 1070. The Hall–Kier alpha value is -2.07. The molecule has 2 aromatic rings. The highest BCUT2D eigenvalue weighted by atomic mass is 32.2. The zero-order valence-corrected chi connectivity index (χ0v) is 20.8. The summed E-state index contributed by atoms with van der Waals surface area (Å²) in [5, 5.41) is 8.97. The van der Waals surface area contributed by atoms with Crippen molar-refractivity contribution < 1.29 is 13.2 Å². The van der Waals surface area contributed by atoms with Gasteiger partial charge in [-0.2, -0.15) is 4.31 Å². The highest BCUT2D eigenvalue weighted by molar-refractivity contribution is 7.89. The predicted molar refractivity (Wildman–Crippen MR) is 132 cm³/mol. The van der Waals surface area contributed by atoms with Gasteiger partial charge in [-0.3, -0.25) is 0 Å². The molecule has 0 amide bonds. The van der Waals surface area contributed by atoms with E-state index in [-0.39, 0.29) is 0 Å². The molecular formula is C25H35N5O3S. The zero-order valence-electron chi connectivity index (χ0n) is 20.0. The number of ether oxygens (including phenoxy) is 1. The number of aromatic nitrogens is 2. The summed E-state index contributed by atoms with van der Waals surface area (Å²) in [6.07, 6.45) is 6.39. The van der Waals surface area contributed by atoms with Crippen LogP contribution in [0.1, 0.15) is 37.7 Å². The van der Waals surface area contributed by atoms with E-state index in [1.165, 1.54) is 49.5 Å². The van der Waals surface area contributed by atoms with Crippen molar-refractivity contribution in [3.8, 4) is 11.3 Å². The summed E-state index contributed by atoms with van der Waals surface area (Å²) in [4.78, 5) is 5.33. The van der Waals surface area contributed by atoms with Crippen LogP contribution >= 0.6 is 0 Å². The Labute approximate surface area is 203 Å². The Morgan fingerprint density at radius 1 is 0.882 bits per heavy atom. The molecule has 34 heavy (non-hydrogen) atoms. The largest absolute Gasteiger partial charge is 0.379 e. The maximum absolute atomic E-state index is 13.2. The quantitative estimate of drug-likeness (QED) is 0.644. The summed E-state index contributed by atoms with van der Waals surface area (Å²) in [7, 11) is -3.57. The molecule has 0 unspecified atom stereocenters. The van der Waals surface area contributed by atoms with Gasteiger partial charge in [0.15, 0.2) is 5.82 Å². The van der Waals surface area contributed by atoms with Crippen LogP contribution in [0.3, 0.4) is 0 Å². The standard InChI is InChI=1S/C25H35N5O3S/c1-20-5-6-21(19-24(20)34(31,32)30-15-17-33-18-16-30)23-7-8-25(27-26-23)29-13-9-22(10-14-29)28-11-3-2-4-12-28/h5-8,19,22H,2-4,9-18H2,1H3. The Morgan fingerprint density at radius 3 is 2.29 bits per heavy atom. The van der Waals surface area contributed by atoms with Gasteiger partial charge in [-0.15, -0.1) is 10.2 Å². The van der Waals surface area contributed by atoms with Crippen molar-refractivity contribution in [2.75, 3.05) is 57.4 Å². The van der Waals surface area contributed by atoms with E-state index >= 15 is 0 Å². The molecule has 0 bridgehead atoms. The van der Waals surface area contributed by atoms with Gasteiger partial charge < -0.3 is 14.5 Å². The molecule has 0 spiro atoms. The molecule has 3 fully saturated rings. The van der Waals surface area contributed by atoms with E-state index in [1.54, 1.807) is 6.07 Å². The molecule has 1 aromatic carbocycles. The third kappa shape index (κ3) is 4.98. The van der Waals surface area contributed by atoms with Gasteiger partial charge in [0.2, 0.25) is 10.0 Å². The highest BCUT2D eigenvalue weighted by Crippen LogP contribution is 2.28. The number of aryl methyl sites for hydroxylation is 1. The summed E-state index contributed by atoms with van der Waals surface area (Å²) < 4.78 is 33.3. The van der Waals surface area contributed by atoms with Crippen LogP contribution in [0, 0.1) is 6.92 Å². The summed E-state index contributed by atoms with van der Waals surface area (Å²) in [6.45, 7) is 7.96. The highest BCUT2D eigenvalue weighted by Gasteiger charge is 2.29. The molecular weight excluding hydrogens is 450 g/mol. The molecule has 1 aromatic heterocycles. The molecule has 3 aliphatic rings. The minimum Gasteiger partial charge on any atom is -0.379 e. The third-order valence-corrected chi connectivity index (χ3v) is 9.46. The van der Waals surface area contributed by atoms with Gasteiger partial charge in [0.1, 0.15) is 0 Å². The molecule has 184 valence electrons. The SMILES string of the molecule is Cc1ccc(-c2ccc(N3CCC(N4CCCCC4)CC3)nn2)cc1S(=O)(=O)N1CCOCC1. The third-order valence-electron chi connectivity index (χ3n) is 7.42. The lowest BCUT2D eigenvalue weighted by Crippen LogP contribution is -2.47. The summed E-state index contributed by atoms with van der Waals surface area (Å²) in [5.74, 6) is 0.897. The van der Waals surface area contributed by atoms with Gasteiger partial charge >= 0.3 is 0 Å². The van der Waals surface area contributed by atoms with Crippen LogP contribution in [0.15, 0.2) is 35.2 Å². The van der Waals surface area contributed by atoms with Gasteiger partial charge in [-0.25, -0.2) is 8.42 Å². The number of morpholine rings is 1. The number of hydrogen-bond donors (Lipinski definition) is 0. The van der Waals surface area contributed by atoms with E-state index in [1.807, 2.05) is 31.2 Å². The minimum atomic E-state index is -3.57. The van der Waals surface area contributed by atoms with Crippen LogP contribution in [-0.4, -0.2) is 86.3 Å². The molecule has 0 atom stereocenters. The van der Waals surface area contributed by atoms with E-state index in [0.29, 0.717) is 42.9 Å².